The molecule has 0 saturated carbocycles. The normalized spacial score (nSPS) is 11.1. The van der Waals surface area contributed by atoms with E-state index in [1.807, 2.05) is 0 Å². The van der Waals surface area contributed by atoms with E-state index in [0.717, 1.165) is 5.52 Å². The van der Waals surface area contributed by atoms with Gasteiger partial charge in [-0.1, -0.05) is 11.6 Å². The molecule has 0 radical (unpaired) electrons. The van der Waals surface area contributed by atoms with E-state index in [9.17, 15) is 4.79 Å². The van der Waals surface area contributed by atoms with Gasteiger partial charge in [-0.3, -0.25) is 4.57 Å². The Bertz CT molecular complexity index is 837. The van der Waals surface area contributed by atoms with E-state index in [0.29, 0.717) is 16.4 Å². The van der Waals surface area contributed by atoms with Gasteiger partial charge in [0.1, 0.15) is 5.82 Å². The van der Waals surface area contributed by atoms with Crippen LogP contribution >= 0.6 is 23.2 Å². The second-order valence-electron chi connectivity index (χ2n) is 3.99. The predicted molar refractivity (Wildman–Crippen MR) is 74.1 cm³/mol. The van der Waals surface area contributed by atoms with Gasteiger partial charge in [-0.25, -0.2) is 14.3 Å². The number of nitrogens with zero attached hydrogens (tertiary/aromatic N) is 4. The van der Waals surface area contributed by atoms with E-state index in [2.05, 4.69) is 9.97 Å². The molecule has 0 amide bonds. The highest BCUT2D eigenvalue weighted by molar-refractivity contribution is 6.31. The van der Waals surface area contributed by atoms with Crippen LogP contribution in [0.4, 0.5) is 0 Å². The van der Waals surface area contributed by atoms with Crippen molar-refractivity contribution in [3.63, 3.8) is 0 Å². The molecular weight excluding hydrogens is 287 g/mol. The Labute approximate surface area is 118 Å². The molecule has 0 bridgehead atoms. The summed E-state index contributed by atoms with van der Waals surface area (Å²) in [6.07, 6.45) is 1.51. The van der Waals surface area contributed by atoms with Gasteiger partial charge in [0.05, 0.1) is 11.0 Å². The molecule has 0 aliphatic heterocycles. The minimum absolute atomic E-state index is 0.0929. The molecule has 0 atom stereocenters. The van der Waals surface area contributed by atoms with Crippen LogP contribution < -0.4 is 5.69 Å². The van der Waals surface area contributed by atoms with Gasteiger partial charge in [-0.2, -0.15) is 4.98 Å². The maximum absolute atomic E-state index is 12.3. The molecule has 0 aliphatic carbocycles. The third-order valence-corrected chi connectivity index (χ3v) is 3.28. The summed E-state index contributed by atoms with van der Waals surface area (Å²) in [5, 5.41) is 0.663. The molecular formula is C12H8Cl2N4O. The Morgan fingerprint density at radius 2 is 1.95 bits per heavy atom. The Hall–Kier alpha value is -1.85. The number of aryl methyl sites for hydroxylation is 1. The number of fused-ring (bicyclic) bond motifs is 1. The first kappa shape index (κ1) is 12.2. The quantitative estimate of drug-likeness (QED) is 0.648. The molecule has 0 fully saturated rings. The molecule has 19 heavy (non-hydrogen) atoms. The molecule has 1 aromatic carbocycles. The molecule has 3 rings (SSSR count). The van der Waals surface area contributed by atoms with Gasteiger partial charge in [-0.15, -0.1) is 0 Å². The van der Waals surface area contributed by atoms with Crippen LogP contribution in [0.1, 0.15) is 0 Å². The van der Waals surface area contributed by atoms with Crippen molar-refractivity contribution in [2.75, 3.05) is 0 Å². The predicted octanol–water partition coefficient (Wildman–Crippen LogP) is 2.43. The van der Waals surface area contributed by atoms with Crippen LogP contribution in [-0.2, 0) is 7.05 Å². The second kappa shape index (κ2) is 4.36. The summed E-state index contributed by atoms with van der Waals surface area (Å²) < 4.78 is 2.98. The van der Waals surface area contributed by atoms with Gasteiger partial charge < -0.3 is 0 Å². The van der Waals surface area contributed by atoms with Crippen LogP contribution in [-0.4, -0.2) is 19.1 Å². The van der Waals surface area contributed by atoms with Crippen LogP contribution in [0.25, 0.3) is 16.9 Å². The van der Waals surface area contributed by atoms with Gasteiger partial charge in [0, 0.05) is 24.3 Å². The van der Waals surface area contributed by atoms with Crippen molar-refractivity contribution >= 4 is 34.2 Å². The molecule has 0 spiro atoms. The van der Waals surface area contributed by atoms with Crippen molar-refractivity contribution in [3.8, 4) is 5.82 Å². The number of imidazole rings is 1. The molecule has 7 heteroatoms. The zero-order chi connectivity index (χ0) is 13.6. The molecule has 96 valence electrons. The zero-order valence-corrected chi connectivity index (χ0v) is 11.4. The van der Waals surface area contributed by atoms with Gasteiger partial charge in [0.2, 0.25) is 5.28 Å². The standard InChI is InChI=1S/C12H8Cl2N4O/c1-17-9-6-7(13)2-3-8(9)18(12(17)19)10-4-5-15-11(14)16-10/h2-6H,1H3. The summed E-state index contributed by atoms with van der Waals surface area (Å²) >= 11 is 11.7. The maximum Gasteiger partial charge on any atom is 0.334 e. The summed E-state index contributed by atoms with van der Waals surface area (Å²) in [6.45, 7) is 0. The van der Waals surface area contributed by atoms with E-state index in [1.165, 1.54) is 15.3 Å². The molecule has 5 nitrogen and oxygen atoms in total. The van der Waals surface area contributed by atoms with Gasteiger partial charge in [-0.05, 0) is 29.8 Å². The summed E-state index contributed by atoms with van der Waals surface area (Å²) in [5.74, 6) is 0.429. The zero-order valence-electron chi connectivity index (χ0n) is 9.84. The SMILES string of the molecule is Cn1c(=O)n(-c2ccnc(Cl)n2)c2ccc(Cl)cc21. The Kier molecular flexibility index (Phi) is 2.80. The Morgan fingerprint density at radius 1 is 1.16 bits per heavy atom. The number of hydrogen-bond acceptors (Lipinski definition) is 3. The van der Waals surface area contributed by atoms with Crippen LogP contribution in [0.5, 0.6) is 0 Å². The molecule has 0 N–H and O–H groups in total. The second-order valence-corrected chi connectivity index (χ2v) is 4.77. The first-order chi connectivity index (χ1) is 9.08. The summed E-state index contributed by atoms with van der Waals surface area (Å²) in [7, 11) is 1.68. The number of hydrogen-bond donors (Lipinski definition) is 0. The molecule has 2 heterocycles. The lowest BCUT2D eigenvalue weighted by molar-refractivity contribution is 0.831. The van der Waals surface area contributed by atoms with E-state index >= 15 is 0 Å². The molecule has 0 saturated heterocycles. The lowest BCUT2D eigenvalue weighted by Crippen LogP contribution is -2.21. The number of halogens is 2. The van der Waals surface area contributed by atoms with Crippen molar-refractivity contribution in [1.82, 2.24) is 19.1 Å². The molecule has 3 aromatic rings. The third-order valence-electron chi connectivity index (χ3n) is 2.86. The Balaban J connectivity index is 2.42. The van der Waals surface area contributed by atoms with E-state index in [-0.39, 0.29) is 11.0 Å². The van der Waals surface area contributed by atoms with Crippen molar-refractivity contribution in [2.45, 2.75) is 0 Å². The number of rotatable bonds is 1. The first-order valence-electron chi connectivity index (χ1n) is 5.44. The summed E-state index contributed by atoms with van der Waals surface area (Å²) in [4.78, 5) is 20.2. The van der Waals surface area contributed by atoms with Crippen molar-refractivity contribution in [3.05, 3.63) is 51.3 Å². The van der Waals surface area contributed by atoms with E-state index < -0.39 is 0 Å². The van der Waals surface area contributed by atoms with Gasteiger partial charge in [0.15, 0.2) is 0 Å². The van der Waals surface area contributed by atoms with Crippen molar-refractivity contribution in [1.29, 1.82) is 0 Å². The summed E-state index contributed by atoms with van der Waals surface area (Å²) in [5.41, 5.74) is 1.23. The average molecular weight is 295 g/mol. The third kappa shape index (κ3) is 1.91. The van der Waals surface area contributed by atoms with Gasteiger partial charge in [0.25, 0.3) is 0 Å². The van der Waals surface area contributed by atoms with Crippen molar-refractivity contribution in [2.24, 2.45) is 7.05 Å². The lowest BCUT2D eigenvalue weighted by atomic mass is 10.3. The van der Waals surface area contributed by atoms with Crippen molar-refractivity contribution < 1.29 is 0 Å². The fraction of sp³-hybridized carbons (Fsp3) is 0.0833. The van der Waals surface area contributed by atoms with Gasteiger partial charge >= 0.3 is 5.69 Å². The minimum Gasteiger partial charge on any atom is -0.295 e. The summed E-state index contributed by atoms with van der Waals surface area (Å²) in [6, 6.07) is 6.86. The number of aromatic nitrogens is 4. The molecule has 0 unspecified atom stereocenters. The fourth-order valence-corrected chi connectivity index (χ4v) is 2.29. The van der Waals surface area contributed by atoms with E-state index in [1.54, 1.807) is 31.3 Å². The average Bonchev–Trinajstić information content (AvgIpc) is 2.62. The minimum atomic E-state index is -0.216. The lowest BCUT2D eigenvalue weighted by Gasteiger charge is -2.01. The van der Waals surface area contributed by atoms with E-state index in [4.69, 9.17) is 23.2 Å². The van der Waals surface area contributed by atoms with Crippen LogP contribution in [0.2, 0.25) is 10.3 Å². The molecule has 2 aromatic heterocycles. The first-order valence-corrected chi connectivity index (χ1v) is 6.19. The molecule has 0 aliphatic rings. The van der Waals surface area contributed by atoms with Crippen LogP contribution in [0.3, 0.4) is 0 Å². The number of benzene rings is 1. The van der Waals surface area contributed by atoms with Crippen LogP contribution in [0, 0.1) is 0 Å². The topological polar surface area (TPSA) is 52.7 Å². The fourth-order valence-electron chi connectivity index (χ4n) is 1.98. The smallest absolute Gasteiger partial charge is 0.295 e. The maximum atomic E-state index is 12.3. The highest BCUT2D eigenvalue weighted by Gasteiger charge is 2.13. The highest BCUT2D eigenvalue weighted by Crippen LogP contribution is 2.20. The van der Waals surface area contributed by atoms with Crippen LogP contribution in [0.15, 0.2) is 35.3 Å². The highest BCUT2D eigenvalue weighted by atomic mass is 35.5. The largest absolute Gasteiger partial charge is 0.334 e. The Morgan fingerprint density at radius 3 is 2.68 bits per heavy atom. The monoisotopic (exact) mass is 294 g/mol.